The molecule has 0 spiro atoms. The number of nitrogens with zero attached hydrogens (tertiary/aromatic N) is 1. The van der Waals surface area contributed by atoms with Gasteiger partial charge in [-0.1, -0.05) is 6.07 Å². The minimum absolute atomic E-state index is 0.118. The number of hydrogen-bond donors (Lipinski definition) is 2. The van der Waals surface area contributed by atoms with Gasteiger partial charge >= 0.3 is 0 Å². The van der Waals surface area contributed by atoms with Gasteiger partial charge in [-0.3, -0.25) is 9.52 Å². The van der Waals surface area contributed by atoms with Gasteiger partial charge in [0.2, 0.25) is 5.88 Å². The average molecular weight is 445 g/mol. The number of sulfonamides is 1. The SMILES string of the molecule is COCCOc1ncccc1NC(=O)c1cccc(S(=O)(=O)Nc2ccc(F)cc2)c1. The van der Waals surface area contributed by atoms with E-state index in [1.165, 1.54) is 49.7 Å². The Kier molecular flexibility index (Phi) is 7.16. The zero-order valence-electron chi connectivity index (χ0n) is 16.5. The van der Waals surface area contributed by atoms with Gasteiger partial charge in [0.15, 0.2) is 0 Å². The molecular weight excluding hydrogens is 425 g/mol. The smallest absolute Gasteiger partial charge is 0.261 e. The first-order valence-corrected chi connectivity index (χ1v) is 10.6. The number of pyridine rings is 1. The van der Waals surface area contributed by atoms with E-state index in [0.717, 1.165) is 12.1 Å². The molecule has 0 aliphatic rings. The monoisotopic (exact) mass is 445 g/mol. The number of aromatic nitrogens is 1. The van der Waals surface area contributed by atoms with Gasteiger partial charge in [0.25, 0.3) is 15.9 Å². The average Bonchev–Trinajstić information content (AvgIpc) is 2.76. The summed E-state index contributed by atoms with van der Waals surface area (Å²) in [5, 5.41) is 2.66. The van der Waals surface area contributed by atoms with Crippen LogP contribution in [0.15, 0.2) is 71.8 Å². The molecule has 0 bridgehead atoms. The Morgan fingerprint density at radius 1 is 1.06 bits per heavy atom. The fourth-order valence-electron chi connectivity index (χ4n) is 2.55. The highest BCUT2D eigenvalue weighted by atomic mass is 32.2. The fraction of sp³-hybridized carbons (Fsp3) is 0.143. The largest absolute Gasteiger partial charge is 0.474 e. The summed E-state index contributed by atoms with van der Waals surface area (Å²) in [4.78, 5) is 16.7. The fourth-order valence-corrected chi connectivity index (χ4v) is 3.66. The second kappa shape index (κ2) is 10.0. The summed E-state index contributed by atoms with van der Waals surface area (Å²) in [6.07, 6.45) is 1.52. The number of nitrogens with one attached hydrogen (secondary N) is 2. The Hall–Kier alpha value is -3.50. The lowest BCUT2D eigenvalue weighted by Crippen LogP contribution is -2.17. The topological polar surface area (TPSA) is 107 Å². The second-order valence-electron chi connectivity index (χ2n) is 6.29. The number of carbonyl (C=O) groups excluding carboxylic acids is 1. The zero-order valence-corrected chi connectivity index (χ0v) is 17.4. The van der Waals surface area contributed by atoms with Crippen LogP contribution in [0.5, 0.6) is 5.88 Å². The highest BCUT2D eigenvalue weighted by Gasteiger charge is 2.18. The third kappa shape index (κ3) is 6.00. The predicted octanol–water partition coefficient (Wildman–Crippen LogP) is 3.30. The van der Waals surface area contributed by atoms with Crippen LogP contribution in [0.4, 0.5) is 15.8 Å². The summed E-state index contributed by atoms with van der Waals surface area (Å²) < 4.78 is 51.1. The van der Waals surface area contributed by atoms with E-state index in [-0.39, 0.29) is 28.6 Å². The lowest BCUT2D eigenvalue weighted by Gasteiger charge is -2.12. The first kappa shape index (κ1) is 22.2. The third-order valence-corrected chi connectivity index (χ3v) is 5.43. The van der Waals surface area contributed by atoms with E-state index in [1.807, 2.05) is 0 Å². The van der Waals surface area contributed by atoms with Gasteiger partial charge < -0.3 is 14.8 Å². The van der Waals surface area contributed by atoms with Gasteiger partial charge in [-0.15, -0.1) is 0 Å². The molecule has 0 saturated heterocycles. The normalized spacial score (nSPS) is 11.0. The minimum Gasteiger partial charge on any atom is -0.474 e. The molecule has 3 aromatic rings. The second-order valence-corrected chi connectivity index (χ2v) is 7.97. The molecule has 2 N–H and O–H groups in total. The van der Waals surface area contributed by atoms with Crippen molar-refractivity contribution >= 4 is 27.3 Å². The number of carbonyl (C=O) groups is 1. The van der Waals surface area contributed by atoms with Crippen molar-refractivity contribution in [1.82, 2.24) is 4.98 Å². The van der Waals surface area contributed by atoms with E-state index in [1.54, 1.807) is 12.1 Å². The Balaban J connectivity index is 1.77. The van der Waals surface area contributed by atoms with Gasteiger partial charge in [0, 0.05) is 24.6 Å². The van der Waals surface area contributed by atoms with Crippen molar-refractivity contribution in [2.75, 3.05) is 30.4 Å². The third-order valence-electron chi connectivity index (χ3n) is 4.05. The van der Waals surface area contributed by atoms with Crippen LogP contribution in [-0.4, -0.2) is 39.6 Å². The number of anilines is 2. The highest BCUT2D eigenvalue weighted by Crippen LogP contribution is 2.22. The molecule has 1 heterocycles. The first-order valence-electron chi connectivity index (χ1n) is 9.15. The first-order chi connectivity index (χ1) is 14.9. The summed E-state index contributed by atoms with van der Waals surface area (Å²) in [6, 6.07) is 13.7. The Labute approximate surface area is 179 Å². The van der Waals surface area contributed by atoms with Crippen molar-refractivity contribution in [2.24, 2.45) is 0 Å². The molecule has 8 nitrogen and oxygen atoms in total. The van der Waals surface area contributed by atoms with E-state index in [0.29, 0.717) is 12.3 Å². The van der Waals surface area contributed by atoms with Crippen molar-refractivity contribution in [3.05, 3.63) is 78.2 Å². The van der Waals surface area contributed by atoms with Crippen LogP contribution in [0.1, 0.15) is 10.4 Å². The molecular formula is C21H20FN3O5S. The molecule has 3 rings (SSSR count). The summed E-state index contributed by atoms with van der Waals surface area (Å²) >= 11 is 0. The summed E-state index contributed by atoms with van der Waals surface area (Å²) in [6.45, 7) is 0.601. The molecule has 0 aliphatic heterocycles. The number of benzene rings is 2. The van der Waals surface area contributed by atoms with Crippen LogP contribution in [0.25, 0.3) is 0 Å². The number of hydrogen-bond acceptors (Lipinski definition) is 6. The van der Waals surface area contributed by atoms with Crippen LogP contribution >= 0.6 is 0 Å². The lowest BCUT2D eigenvalue weighted by molar-refractivity contribution is 0.102. The molecule has 0 fully saturated rings. The van der Waals surface area contributed by atoms with Gasteiger partial charge in [-0.2, -0.15) is 0 Å². The summed E-state index contributed by atoms with van der Waals surface area (Å²) in [5.74, 6) is -0.805. The van der Waals surface area contributed by atoms with Crippen molar-refractivity contribution in [1.29, 1.82) is 0 Å². The van der Waals surface area contributed by atoms with Crippen LogP contribution in [0.3, 0.4) is 0 Å². The summed E-state index contributed by atoms with van der Waals surface area (Å²) in [5.41, 5.74) is 0.652. The molecule has 31 heavy (non-hydrogen) atoms. The standard InChI is InChI=1S/C21H20FN3O5S/c1-29-12-13-30-21-19(6-3-11-23-21)24-20(26)15-4-2-5-18(14-15)31(27,28)25-17-9-7-16(22)8-10-17/h2-11,14,25H,12-13H2,1H3,(H,24,26). The molecule has 0 radical (unpaired) electrons. The van der Waals surface area contributed by atoms with Crippen LogP contribution in [-0.2, 0) is 14.8 Å². The number of ether oxygens (including phenoxy) is 2. The number of rotatable bonds is 9. The molecule has 1 aromatic heterocycles. The molecule has 10 heteroatoms. The maximum absolute atomic E-state index is 13.0. The molecule has 1 amide bonds. The highest BCUT2D eigenvalue weighted by molar-refractivity contribution is 7.92. The van der Waals surface area contributed by atoms with Crippen molar-refractivity contribution in [2.45, 2.75) is 4.90 Å². The molecule has 0 saturated carbocycles. The molecule has 0 aliphatic carbocycles. The van der Waals surface area contributed by atoms with Crippen LogP contribution in [0, 0.1) is 5.82 Å². The summed E-state index contributed by atoms with van der Waals surface area (Å²) in [7, 11) is -2.44. The number of halogens is 1. The van der Waals surface area contributed by atoms with E-state index >= 15 is 0 Å². The van der Waals surface area contributed by atoms with Gasteiger partial charge in [0.1, 0.15) is 18.1 Å². The van der Waals surface area contributed by atoms with E-state index in [2.05, 4.69) is 15.0 Å². The number of methoxy groups -OCH3 is 1. The van der Waals surface area contributed by atoms with Gasteiger partial charge in [-0.05, 0) is 54.6 Å². The van der Waals surface area contributed by atoms with Crippen molar-refractivity contribution in [3.8, 4) is 5.88 Å². The Bertz CT molecular complexity index is 1150. The van der Waals surface area contributed by atoms with E-state index in [9.17, 15) is 17.6 Å². The predicted molar refractivity (Wildman–Crippen MR) is 113 cm³/mol. The van der Waals surface area contributed by atoms with Crippen molar-refractivity contribution < 1.29 is 27.1 Å². The van der Waals surface area contributed by atoms with E-state index < -0.39 is 21.7 Å². The minimum atomic E-state index is -3.98. The Morgan fingerprint density at radius 3 is 2.58 bits per heavy atom. The van der Waals surface area contributed by atoms with E-state index in [4.69, 9.17) is 9.47 Å². The van der Waals surface area contributed by atoms with Crippen molar-refractivity contribution in [3.63, 3.8) is 0 Å². The maximum atomic E-state index is 13.0. The molecule has 0 atom stereocenters. The van der Waals surface area contributed by atoms with Crippen LogP contribution < -0.4 is 14.8 Å². The molecule has 2 aromatic carbocycles. The van der Waals surface area contributed by atoms with Gasteiger partial charge in [-0.25, -0.2) is 17.8 Å². The Morgan fingerprint density at radius 2 is 1.84 bits per heavy atom. The van der Waals surface area contributed by atoms with Crippen LogP contribution in [0.2, 0.25) is 0 Å². The quantitative estimate of drug-likeness (QED) is 0.490. The number of amides is 1. The zero-order chi connectivity index (χ0) is 22.3. The maximum Gasteiger partial charge on any atom is 0.261 e. The lowest BCUT2D eigenvalue weighted by atomic mass is 10.2. The molecule has 0 unspecified atom stereocenters. The van der Waals surface area contributed by atoms with Gasteiger partial charge in [0.05, 0.1) is 11.5 Å². The molecule has 162 valence electrons.